The van der Waals surface area contributed by atoms with E-state index in [4.69, 9.17) is 49.2 Å². The molecule has 0 aliphatic heterocycles. The molecule has 4 nitrogen and oxygen atoms in total. The zero-order chi connectivity index (χ0) is 26.1. The second-order valence-corrected chi connectivity index (χ2v) is 9.22. The first-order valence-corrected chi connectivity index (χ1v) is 12.0. The number of para-hydroxylation sites is 2. The number of hydrogen-bond donors (Lipinski definition) is 0. The summed E-state index contributed by atoms with van der Waals surface area (Å²) in [4.78, 5) is 14.8. The van der Waals surface area contributed by atoms with Gasteiger partial charge in [0, 0.05) is 27.7 Å². The van der Waals surface area contributed by atoms with Crippen molar-refractivity contribution in [3.8, 4) is 17.2 Å². The number of fused-ring (bicyclic) bond motifs is 6. The second kappa shape index (κ2) is 8.39. The van der Waals surface area contributed by atoms with Gasteiger partial charge in [-0.25, -0.2) is 9.97 Å². The predicted octanol–water partition coefficient (Wildman–Crippen LogP) is 0.911. The van der Waals surface area contributed by atoms with E-state index in [1.807, 2.05) is 65.2 Å². The first kappa shape index (κ1) is 22.9. The molecule has 0 amide bonds. The molecule has 0 spiro atoms. The van der Waals surface area contributed by atoms with E-state index >= 15 is 0 Å². The molecular weight excluding hydrogens is 458 g/mol. The zero-order valence-corrected chi connectivity index (χ0v) is 20.2. The van der Waals surface area contributed by atoms with Crippen molar-refractivity contribution >= 4 is 110 Å². The molecule has 0 saturated heterocycles. The van der Waals surface area contributed by atoms with Crippen LogP contribution >= 0.6 is 0 Å². The molecule has 7 aromatic rings. The standard InChI is InChI=1S/C29H13B5N4/c30-21-20(22(31)24(33)25(34)23(21)32)27-17-12-11-14-6-5-13-35-26(14)28(17)37-29(36-27)38-18-9-3-1-7-15(18)16-8-2-4-10-19(16)38/h1-13H. The summed E-state index contributed by atoms with van der Waals surface area (Å²) in [6.07, 6.45) is 1.74. The molecular formula is C29H13B5N4. The maximum atomic E-state index is 6.52. The van der Waals surface area contributed by atoms with Gasteiger partial charge in [-0.3, -0.25) is 9.55 Å². The van der Waals surface area contributed by atoms with Gasteiger partial charge in [-0.15, -0.1) is 16.4 Å². The van der Waals surface area contributed by atoms with Gasteiger partial charge in [0.05, 0.1) is 22.2 Å². The highest BCUT2D eigenvalue weighted by Gasteiger charge is 2.21. The fourth-order valence-corrected chi connectivity index (χ4v) is 5.25. The highest BCUT2D eigenvalue weighted by atomic mass is 15.2. The summed E-state index contributed by atoms with van der Waals surface area (Å²) in [6, 6.07) is 24.1. The molecule has 3 heterocycles. The number of aromatic nitrogens is 4. The van der Waals surface area contributed by atoms with Crippen LogP contribution in [0.15, 0.2) is 79.0 Å². The molecule has 7 rings (SSSR count). The van der Waals surface area contributed by atoms with Crippen LogP contribution in [0, 0.1) is 0 Å². The number of nitrogens with zero attached hydrogens (tertiary/aromatic N) is 4. The van der Waals surface area contributed by atoms with Crippen molar-refractivity contribution in [2.24, 2.45) is 0 Å². The molecule has 0 bridgehead atoms. The average Bonchev–Trinajstić information content (AvgIpc) is 3.29. The van der Waals surface area contributed by atoms with Gasteiger partial charge < -0.3 is 0 Å². The maximum Gasteiger partial charge on any atom is 0.235 e. The summed E-state index contributed by atoms with van der Waals surface area (Å²) < 4.78 is 2.03. The minimum atomic E-state index is 0.150. The van der Waals surface area contributed by atoms with Gasteiger partial charge in [0.25, 0.3) is 0 Å². The highest BCUT2D eigenvalue weighted by Crippen LogP contribution is 2.34. The van der Waals surface area contributed by atoms with Crippen LogP contribution < -0.4 is 27.3 Å². The maximum absolute atomic E-state index is 6.52. The summed E-state index contributed by atoms with van der Waals surface area (Å²) in [5.41, 5.74) is 5.11. The fourth-order valence-electron chi connectivity index (χ4n) is 5.25. The van der Waals surface area contributed by atoms with E-state index in [9.17, 15) is 0 Å². The van der Waals surface area contributed by atoms with Crippen LogP contribution in [-0.2, 0) is 0 Å². The smallest absolute Gasteiger partial charge is 0.235 e. The Bertz CT molecular complexity index is 2020. The van der Waals surface area contributed by atoms with Crippen molar-refractivity contribution < 1.29 is 0 Å². The summed E-state index contributed by atoms with van der Waals surface area (Å²) in [7, 11) is 31.6. The quantitative estimate of drug-likeness (QED) is 0.278. The Morgan fingerprint density at radius 1 is 0.526 bits per heavy atom. The van der Waals surface area contributed by atoms with E-state index in [2.05, 4.69) is 17.1 Å². The molecule has 0 aliphatic rings. The van der Waals surface area contributed by atoms with Crippen LogP contribution in [0.25, 0.3) is 60.8 Å². The van der Waals surface area contributed by atoms with Crippen LogP contribution in [0.5, 0.6) is 0 Å². The number of benzene rings is 4. The van der Waals surface area contributed by atoms with Crippen LogP contribution in [-0.4, -0.2) is 58.8 Å². The molecule has 0 fully saturated rings. The Morgan fingerprint density at radius 3 is 1.79 bits per heavy atom. The van der Waals surface area contributed by atoms with Gasteiger partial charge in [0.1, 0.15) is 44.7 Å². The topological polar surface area (TPSA) is 43.6 Å². The van der Waals surface area contributed by atoms with E-state index in [1.165, 1.54) is 0 Å². The lowest BCUT2D eigenvalue weighted by molar-refractivity contribution is 1.02. The third kappa shape index (κ3) is 3.14. The molecule has 9 heteroatoms. The SMILES string of the molecule is [B]c1c([B])c([B])c(-c2nc(-n3c4ccccc4c4ccccc43)nc3c2ccc2cccnc23)c([B])c1[B]. The van der Waals surface area contributed by atoms with Gasteiger partial charge in [-0.2, -0.15) is 0 Å². The van der Waals surface area contributed by atoms with Crippen LogP contribution in [0.2, 0.25) is 0 Å². The van der Waals surface area contributed by atoms with E-state index < -0.39 is 0 Å². The minimum Gasteiger partial charge on any atom is -0.278 e. The normalized spacial score (nSPS) is 11.7. The summed E-state index contributed by atoms with van der Waals surface area (Å²) in [6.45, 7) is 0. The van der Waals surface area contributed by atoms with Crippen LogP contribution in [0.3, 0.4) is 0 Å². The first-order valence-electron chi connectivity index (χ1n) is 12.0. The lowest BCUT2D eigenvalue weighted by Crippen LogP contribution is -2.55. The Morgan fingerprint density at radius 2 is 1.13 bits per heavy atom. The van der Waals surface area contributed by atoms with E-state index in [1.54, 1.807) is 6.20 Å². The molecule has 0 N–H and O–H groups in total. The molecule has 38 heavy (non-hydrogen) atoms. The van der Waals surface area contributed by atoms with Crippen LogP contribution in [0.4, 0.5) is 0 Å². The Hall–Kier alpha value is -4.25. The largest absolute Gasteiger partial charge is 0.278 e. The summed E-state index contributed by atoms with van der Waals surface area (Å²) in [5.74, 6) is 0.441. The Balaban J connectivity index is 1.70. The van der Waals surface area contributed by atoms with Gasteiger partial charge in [0.15, 0.2) is 0 Å². The van der Waals surface area contributed by atoms with Gasteiger partial charge >= 0.3 is 0 Å². The first-order chi connectivity index (χ1) is 18.5. The monoisotopic (exact) mass is 472 g/mol. The van der Waals surface area contributed by atoms with Crippen molar-refractivity contribution in [2.45, 2.75) is 0 Å². The van der Waals surface area contributed by atoms with Gasteiger partial charge in [-0.1, -0.05) is 59.5 Å². The fraction of sp³-hybridized carbons (Fsp3) is 0. The second-order valence-electron chi connectivity index (χ2n) is 9.22. The molecule has 0 unspecified atom stereocenters. The number of pyridine rings is 1. The predicted molar refractivity (Wildman–Crippen MR) is 162 cm³/mol. The van der Waals surface area contributed by atoms with E-state index in [-0.39, 0.29) is 27.3 Å². The molecule has 0 saturated carbocycles. The molecule has 3 aromatic heterocycles. The summed E-state index contributed by atoms with van der Waals surface area (Å²) >= 11 is 0. The van der Waals surface area contributed by atoms with Gasteiger partial charge in [-0.05, 0) is 29.8 Å². The van der Waals surface area contributed by atoms with Crippen molar-refractivity contribution in [1.29, 1.82) is 0 Å². The third-order valence-electron chi connectivity index (χ3n) is 7.14. The highest BCUT2D eigenvalue weighted by molar-refractivity contribution is 6.68. The van der Waals surface area contributed by atoms with Crippen LogP contribution in [0.1, 0.15) is 0 Å². The lowest BCUT2D eigenvalue weighted by atomic mass is 9.60. The number of rotatable bonds is 2. The molecule has 0 aliphatic carbocycles. The molecule has 10 radical (unpaired) electrons. The van der Waals surface area contributed by atoms with E-state index in [0.29, 0.717) is 28.1 Å². The Kier molecular flexibility index (Phi) is 5.06. The van der Waals surface area contributed by atoms with Crippen molar-refractivity contribution in [3.63, 3.8) is 0 Å². The summed E-state index contributed by atoms with van der Waals surface area (Å²) in [5, 5.41) is 3.83. The van der Waals surface area contributed by atoms with Gasteiger partial charge in [0.2, 0.25) is 5.95 Å². The molecule has 164 valence electrons. The lowest BCUT2D eigenvalue weighted by Gasteiger charge is -2.22. The zero-order valence-electron chi connectivity index (χ0n) is 20.2. The molecule has 0 atom stereocenters. The third-order valence-corrected chi connectivity index (χ3v) is 7.14. The number of hydrogen-bond acceptors (Lipinski definition) is 3. The minimum absolute atomic E-state index is 0.150. The van der Waals surface area contributed by atoms with E-state index in [0.717, 1.165) is 32.7 Å². The average molecular weight is 472 g/mol. The Labute approximate surface area is 225 Å². The van der Waals surface area contributed by atoms with Crippen molar-refractivity contribution in [1.82, 2.24) is 19.5 Å². The molecule has 4 aromatic carbocycles. The van der Waals surface area contributed by atoms with Crippen molar-refractivity contribution in [3.05, 3.63) is 79.0 Å². The van der Waals surface area contributed by atoms with Crippen molar-refractivity contribution in [2.75, 3.05) is 0 Å².